The molecule has 2 heterocycles. The Kier molecular flexibility index (Phi) is 5.06. The van der Waals surface area contributed by atoms with E-state index in [4.69, 9.17) is 0 Å². The molecule has 27 heavy (non-hydrogen) atoms. The topological polar surface area (TPSA) is 64.7 Å². The molecule has 3 aromatic rings. The van der Waals surface area contributed by atoms with Crippen LogP contribution in [0, 0.1) is 23.3 Å². The first-order chi connectivity index (χ1) is 12.8. The van der Waals surface area contributed by atoms with Gasteiger partial charge in [-0.25, -0.2) is 17.6 Å². The molecular weight excluding hydrogens is 366 g/mol. The monoisotopic (exact) mass is 379 g/mol. The molecule has 0 bridgehead atoms. The van der Waals surface area contributed by atoms with Crippen molar-refractivity contribution in [3.8, 4) is 0 Å². The second kappa shape index (κ2) is 7.44. The maximum absolute atomic E-state index is 13.7. The van der Waals surface area contributed by atoms with E-state index in [1.165, 1.54) is 18.3 Å². The van der Waals surface area contributed by atoms with Crippen molar-refractivity contribution in [2.45, 2.75) is 6.54 Å². The van der Waals surface area contributed by atoms with Gasteiger partial charge in [0.15, 0.2) is 29.1 Å². The van der Waals surface area contributed by atoms with Crippen molar-refractivity contribution in [3.05, 3.63) is 71.2 Å². The Hall–Kier alpha value is -3.43. The van der Waals surface area contributed by atoms with Crippen LogP contribution in [0.5, 0.6) is 0 Å². The van der Waals surface area contributed by atoms with Gasteiger partial charge >= 0.3 is 0 Å². The third-order valence-corrected chi connectivity index (χ3v) is 3.57. The molecule has 6 nitrogen and oxygen atoms in total. The smallest absolute Gasteiger partial charge is 0.249 e. The van der Waals surface area contributed by atoms with E-state index < -0.39 is 41.3 Å². The van der Waals surface area contributed by atoms with Gasteiger partial charge in [0.2, 0.25) is 5.91 Å². The summed E-state index contributed by atoms with van der Waals surface area (Å²) in [4.78, 5) is 11.9. The zero-order chi connectivity index (χ0) is 19.6. The van der Waals surface area contributed by atoms with Gasteiger partial charge in [-0.1, -0.05) is 0 Å². The zero-order valence-corrected chi connectivity index (χ0v) is 14.0. The molecular formula is C17H13F4N5O. The normalized spacial score (nSPS) is 11.3. The predicted molar refractivity (Wildman–Crippen MR) is 88.5 cm³/mol. The maximum Gasteiger partial charge on any atom is 0.249 e. The van der Waals surface area contributed by atoms with E-state index in [1.807, 2.05) is 0 Å². The van der Waals surface area contributed by atoms with Crippen molar-refractivity contribution in [3.63, 3.8) is 0 Å². The van der Waals surface area contributed by atoms with Crippen LogP contribution in [-0.4, -0.2) is 25.5 Å². The molecule has 0 unspecified atom stereocenters. The van der Waals surface area contributed by atoms with E-state index in [1.54, 1.807) is 30.2 Å². The summed E-state index contributed by atoms with van der Waals surface area (Å²) in [5.41, 5.74) is -0.0813. The quantitative estimate of drug-likeness (QED) is 0.421. The Balaban J connectivity index is 1.69. The molecule has 0 fully saturated rings. The molecule has 1 amide bonds. The number of amides is 1. The molecule has 0 saturated heterocycles. The number of nitrogens with one attached hydrogen (secondary N) is 1. The highest BCUT2D eigenvalue weighted by Crippen LogP contribution is 2.20. The number of hydrogen-bond donors (Lipinski definition) is 1. The summed E-state index contributed by atoms with van der Waals surface area (Å²) in [5, 5.41) is 10.3. The van der Waals surface area contributed by atoms with Crippen LogP contribution in [0.25, 0.3) is 6.08 Å². The number of carbonyl (C=O) groups is 1. The number of nitrogens with zero attached hydrogens (tertiary/aromatic N) is 4. The van der Waals surface area contributed by atoms with Crippen molar-refractivity contribution in [1.82, 2.24) is 19.6 Å². The lowest BCUT2D eigenvalue weighted by atomic mass is 10.2. The molecule has 2 aromatic heterocycles. The minimum Gasteiger partial charge on any atom is -0.306 e. The fourth-order valence-corrected chi connectivity index (χ4v) is 2.31. The van der Waals surface area contributed by atoms with Crippen LogP contribution in [0.1, 0.15) is 11.1 Å². The average Bonchev–Trinajstić information content (AvgIpc) is 3.24. The average molecular weight is 379 g/mol. The Morgan fingerprint density at radius 3 is 2.56 bits per heavy atom. The van der Waals surface area contributed by atoms with Gasteiger partial charge in [0, 0.05) is 43.2 Å². The summed E-state index contributed by atoms with van der Waals surface area (Å²) < 4.78 is 56.5. The highest BCUT2D eigenvalue weighted by molar-refractivity contribution is 6.01. The van der Waals surface area contributed by atoms with Gasteiger partial charge in [-0.15, -0.1) is 0 Å². The van der Waals surface area contributed by atoms with E-state index in [-0.39, 0.29) is 11.9 Å². The third kappa shape index (κ3) is 4.22. The van der Waals surface area contributed by atoms with Crippen molar-refractivity contribution < 1.29 is 22.4 Å². The fraction of sp³-hybridized carbons (Fsp3) is 0.118. The second-order valence-electron chi connectivity index (χ2n) is 5.62. The van der Waals surface area contributed by atoms with Crippen molar-refractivity contribution in [2.75, 3.05) is 5.32 Å². The first kappa shape index (κ1) is 18.4. The second-order valence-corrected chi connectivity index (χ2v) is 5.62. The van der Waals surface area contributed by atoms with Crippen LogP contribution in [0.4, 0.5) is 23.4 Å². The molecule has 140 valence electrons. The van der Waals surface area contributed by atoms with Crippen LogP contribution in [0.2, 0.25) is 0 Å². The lowest BCUT2D eigenvalue weighted by molar-refractivity contribution is -0.111. The van der Waals surface area contributed by atoms with Crippen LogP contribution in [0.3, 0.4) is 0 Å². The van der Waals surface area contributed by atoms with Gasteiger partial charge in [0.25, 0.3) is 0 Å². The van der Waals surface area contributed by atoms with Gasteiger partial charge in [-0.05, 0) is 6.08 Å². The van der Waals surface area contributed by atoms with Crippen molar-refractivity contribution in [2.24, 2.45) is 7.05 Å². The maximum atomic E-state index is 13.7. The van der Waals surface area contributed by atoms with Gasteiger partial charge < -0.3 is 5.32 Å². The van der Waals surface area contributed by atoms with Gasteiger partial charge in [-0.2, -0.15) is 10.2 Å². The van der Waals surface area contributed by atoms with Crippen LogP contribution >= 0.6 is 0 Å². The summed E-state index contributed by atoms with van der Waals surface area (Å²) in [6.07, 6.45) is 7.39. The van der Waals surface area contributed by atoms with E-state index in [0.29, 0.717) is 0 Å². The molecule has 1 N–H and O–H groups in total. The lowest BCUT2D eigenvalue weighted by Gasteiger charge is -2.07. The van der Waals surface area contributed by atoms with E-state index >= 15 is 0 Å². The predicted octanol–water partition coefficient (Wildman–Crippen LogP) is 2.87. The Labute approximate surface area is 150 Å². The van der Waals surface area contributed by atoms with Crippen LogP contribution in [-0.2, 0) is 18.4 Å². The molecule has 0 saturated carbocycles. The molecule has 1 aromatic carbocycles. The minimum absolute atomic E-state index is 0.105. The fourth-order valence-electron chi connectivity index (χ4n) is 2.31. The molecule has 0 aliphatic heterocycles. The molecule has 3 rings (SSSR count). The summed E-state index contributed by atoms with van der Waals surface area (Å²) in [6, 6.07) is 1.51. The van der Waals surface area contributed by atoms with E-state index in [0.717, 1.165) is 10.2 Å². The number of rotatable bonds is 5. The zero-order valence-electron chi connectivity index (χ0n) is 14.0. The summed E-state index contributed by atoms with van der Waals surface area (Å²) in [5.74, 6) is -6.36. The molecule has 0 atom stereocenters. The molecule has 0 spiro atoms. The Bertz CT molecular complexity index is 998. The summed E-state index contributed by atoms with van der Waals surface area (Å²) in [7, 11) is 1.74. The number of anilines is 1. The van der Waals surface area contributed by atoms with Gasteiger partial charge in [0.1, 0.15) is 0 Å². The van der Waals surface area contributed by atoms with Gasteiger partial charge in [-0.3, -0.25) is 14.2 Å². The van der Waals surface area contributed by atoms with Crippen molar-refractivity contribution >= 4 is 17.8 Å². The molecule has 0 radical (unpaired) electrons. The number of benzene rings is 1. The first-order valence-corrected chi connectivity index (χ1v) is 7.66. The SMILES string of the molecule is Cn1cc(/C=C/C(=O)Nc2ccn(Cc3c(F)c(F)cc(F)c3F)n2)cn1. The van der Waals surface area contributed by atoms with Crippen molar-refractivity contribution in [1.29, 1.82) is 0 Å². The van der Waals surface area contributed by atoms with E-state index in [2.05, 4.69) is 15.5 Å². The largest absolute Gasteiger partial charge is 0.306 e. The first-order valence-electron chi connectivity index (χ1n) is 7.66. The number of aryl methyl sites for hydroxylation is 1. The molecule has 10 heteroatoms. The minimum atomic E-state index is -1.50. The number of carbonyl (C=O) groups excluding carboxylic acids is 1. The number of halogens is 4. The highest BCUT2D eigenvalue weighted by Gasteiger charge is 2.19. The summed E-state index contributed by atoms with van der Waals surface area (Å²) >= 11 is 0. The third-order valence-electron chi connectivity index (χ3n) is 3.57. The van der Waals surface area contributed by atoms with E-state index in [9.17, 15) is 22.4 Å². The number of hydrogen-bond acceptors (Lipinski definition) is 3. The standard InChI is InChI=1S/C17H13F4N5O/c1-25-8-10(7-22-25)2-3-15(27)23-14-4-5-26(24-14)9-11-16(20)12(18)6-13(19)17(11)21/h2-8H,9H2,1H3,(H,23,24,27)/b3-2+. The molecule has 0 aliphatic rings. The highest BCUT2D eigenvalue weighted by atomic mass is 19.2. The van der Waals surface area contributed by atoms with Gasteiger partial charge in [0.05, 0.1) is 18.3 Å². The number of aromatic nitrogens is 4. The Morgan fingerprint density at radius 1 is 1.22 bits per heavy atom. The lowest BCUT2D eigenvalue weighted by Crippen LogP contribution is -2.11. The van der Waals surface area contributed by atoms with Crippen LogP contribution in [0.15, 0.2) is 36.8 Å². The van der Waals surface area contributed by atoms with Crippen LogP contribution < -0.4 is 5.32 Å². The Morgan fingerprint density at radius 2 is 1.93 bits per heavy atom. The molecule has 0 aliphatic carbocycles. The summed E-state index contributed by atoms with van der Waals surface area (Å²) in [6.45, 7) is -0.548.